The Morgan fingerprint density at radius 1 is 0.872 bits per heavy atom. The van der Waals surface area contributed by atoms with Crippen LogP contribution in [0.1, 0.15) is 62.5 Å². The number of ketones is 2. The van der Waals surface area contributed by atoms with Crippen molar-refractivity contribution in [1.82, 2.24) is 4.90 Å². The van der Waals surface area contributed by atoms with Crippen molar-refractivity contribution in [2.75, 3.05) is 13.7 Å². The Bertz CT molecular complexity index is 1500. The van der Waals surface area contributed by atoms with Crippen LogP contribution in [-0.4, -0.2) is 30.1 Å². The zero-order chi connectivity index (χ0) is 27.1. The van der Waals surface area contributed by atoms with E-state index in [4.69, 9.17) is 9.47 Å². The number of halogens is 1. The molecule has 39 heavy (non-hydrogen) atoms. The molecule has 3 aromatic carbocycles. The molecule has 0 unspecified atom stereocenters. The second-order valence-corrected chi connectivity index (χ2v) is 11.6. The predicted molar refractivity (Wildman–Crippen MR) is 161 cm³/mol. The molecule has 0 saturated carbocycles. The van der Waals surface area contributed by atoms with Gasteiger partial charge >= 0.3 is 0 Å². The van der Waals surface area contributed by atoms with E-state index in [1.807, 2.05) is 32.2 Å². The monoisotopic (exact) mass is 633 g/mol. The Balaban J connectivity index is 1.43. The minimum atomic E-state index is -0.355. The summed E-state index contributed by atoms with van der Waals surface area (Å²) in [5.41, 5.74) is 5.78. The first-order chi connectivity index (χ1) is 19.0. The number of hydrogen-bond acceptors (Lipinski definition) is 5. The molecule has 3 aliphatic rings. The number of hydrogen-bond donors (Lipinski definition) is 0. The van der Waals surface area contributed by atoms with Gasteiger partial charge in [-0.25, -0.2) is 0 Å². The lowest BCUT2D eigenvalue weighted by Gasteiger charge is -2.42. The first kappa shape index (κ1) is 26.1. The molecule has 0 spiro atoms. The number of benzene rings is 3. The molecule has 6 heteroatoms. The van der Waals surface area contributed by atoms with Gasteiger partial charge in [0, 0.05) is 48.3 Å². The standard InChI is InChI=1S/C33H32INO4/c1-3-38-29-18-22(17-24(34)33(29)39-19-21-11-6-10-20-9-4-5-12-23(20)21)30-31-25(13-7-15-27(31)36)35(2)26-14-8-16-28(37)32(26)30/h4-6,9-12,17-18,30H,3,7-8,13-16,19H2,1-2H3. The SMILES string of the molecule is CCOc1cc(C2C3=C(CCCC3=O)N(C)C3=C2C(=O)CCC3)cc(I)c1OCc1cccc2ccccc12. The van der Waals surface area contributed by atoms with E-state index in [-0.39, 0.29) is 17.5 Å². The van der Waals surface area contributed by atoms with Crippen molar-refractivity contribution in [3.05, 3.63) is 91.8 Å². The van der Waals surface area contributed by atoms with Crippen LogP contribution in [0.15, 0.2) is 77.1 Å². The Labute approximate surface area is 243 Å². The van der Waals surface area contributed by atoms with E-state index in [9.17, 15) is 9.59 Å². The van der Waals surface area contributed by atoms with Crippen LogP contribution in [0.25, 0.3) is 10.8 Å². The van der Waals surface area contributed by atoms with Gasteiger partial charge in [0.15, 0.2) is 23.1 Å². The fourth-order valence-corrected chi connectivity index (χ4v) is 7.19. The minimum absolute atomic E-state index is 0.155. The topological polar surface area (TPSA) is 55.8 Å². The minimum Gasteiger partial charge on any atom is -0.490 e. The quantitative estimate of drug-likeness (QED) is 0.264. The summed E-state index contributed by atoms with van der Waals surface area (Å²) in [6.07, 6.45) is 4.49. The van der Waals surface area contributed by atoms with Crippen LogP contribution in [0, 0.1) is 3.57 Å². The predicted octanol–water partition coefficient (Wildman–Crippen LogP) is 7.47. The molecule has 5 nitrogen and oxygen atoms in total. The van der Waals surface area contributed by atoms with Crippen molar-refractivity contribution in [3.8, 4) is 11.5 Å². The third kappa shape index (κ3) is 4.66. The molecule has 0 atom stereocenters. The van der Waals surface area contributed by atoms with E-state index >= 15 is 0 Å². The summed E-state index contributed by atoms with van der Waals surface area (Å²) >= 11 is 2.30. The zero-order valence-electron chi connectivity index (χ0n) is 22.4. The van der Waals surface area contributed by atoms with Gasteiger partial charge in [-0.3, -0.25) is 9.59 Å². The molecule has 0 fully saturated rings. The maximum atomic E-state index is 13.4. The summed E-state index contributed by atoms with van der Waals surface area (Å²) in [5.74, 6) is 1.29. The van der Waals surface area contributed by atoms with E-state index in [2.05, 4.69) is 63.9 Å². The molecule has 6 rings (SSSR count). The Morgan fingerprint density at radius 3 is 2.23 bits per heavy atom. The third-order valence-electron chi connectivity index (χ3n) is 8.16. The van der Waals surface area contributed by atoms with Crippen molar-refractivity contribution in [2.45, 2.75) is 58.0 Å². The fraction of sp³-hybridized carbons (Fsp3) is 0.333. The number of nitrogens with zero attached hydrogens (tertiary/aromatic N) is 1. The normalized spacial score (nSPS) is 18.0. The van der Waals surface area contributed by atoms with Crippen LogP contribution in [-0.2, 0) is 16.2 Å². The van der Waals surface area contributed by atoms with Crippen molar-refractivity contribution in [3.63, 3.8) is 0 Å². The number of fused-ring (bicyclic) bond motifs is 1. The number of rotatable bonds is 6. The molecular weight excluding hydrogens is 601 g/mol. The van der Waals surface area contributed by atoms with Crippen LogP contribution in [0.5, 0.6) is 11.5 Å². The molecule has 1 aliphatic heterocycles. The van der Waals surface area contributed by atoms with E-state index < -0.39 is 0 Å². The van der Waals surface area contributed by atoms with Gasteiger partial charge in [0.05, 0.1) is 10.2 Å². The largest absolute Gasteiger partial charge is 0.490 e. The second-order valence-electron chi connectivity index (χ2n) is 10.5. The lowest BCUT2D eigenvalue weighted by molar-refractivity contribution is -0.117. The van der Waals surface area contributed by atoms with E-state index in [1.165, 1.54) is 10.8 Å². The van der Waals surface area contributed by atoms with Gasteiger partial charge in [-0.1, -0.05) is 42.5 Å². The van der Waals surface area contributed by atoms with Gasteiger partial charge in [-0.05, 0) is 89.2 Å². The second kappa shape index (κ2) is 10.8. The molecule has 1 heterocycles. The first-order valence-corrected chi connectivity index (χ1v) is 14.9. The maximum Gasteiger partial charge on any atom is 0.174 e. The number of ether oxygens (including phenoxy) is 2. The Kier molecular flexibility index (Phi) is 7.23. The van der Waals surface area contributed by atoms with Crippen molar-refractivity contribution >= 4 is 44.9 Å². The summed E-state index contributed by atoms with van der Waals surface area (Å²) in [7, 11) is 2.03. The molecule has 0 radical (unpaired) electrons. The van der Waals surface area contributed by atoms with Crippen LogP contribution in [0.4, 0.5) is 0 Å². The Hall–Kier alpha value is -3.13. The average Bonchev–Trinajstić information content (AvgIpc) is 2.94. The van der Waals surface area contributed by atoms with Gasteiger partial charge in [-0.15, -0.1) is 0 Å². The van der Waals surface area contributed by atoms with Gasteiger partial charge in [0.2, 0.25) is 0 Å². The summed E-state index contributed by atoms with van der Waals surface area (Å²) < 4.78 is 13.5. The highest BCUT2D eigenvalue weighted by Gasteiger charge is 2.42. The van der Waals surface area contributed by atoms with E-state index in [0.717, 1.165) is 62.9 Å². The smallest absolute Gasteiger partial charge is 0.174 e. The van der Waals surface area contributed by atoms with Gasteiger partial charge in [0.1, 0.15) is 6.61 Å². The molecule has 3 aromatic rings. The van der Waals surface area contributed by atoms with Crippen LogP contribution in [0.2, 0.25) is 0 Å². The third-order valence-corrected chi connectivity index (χ3v) is 8.96. The van der Waals surface area contributed by atoms with Crippen molar-refractivity contribution in [1.29, 1.82) is 0 Å². The highest BCUT2D eigenvalue weighted by atomic mass is 127. The van der Waals surface area contributed by atoms with Crippen LogP contribution >= 0.6 is 22.6 Å². The summed E-state index contributed by atoms with van der Waals surface area (Å²) in [6, 6.07) is 18.6. The van der Waals surface area contributed by atoms with Crippen molar-refractivity contribution < 1.29 is 19.1 Å². The van der Waals surface area contributed by atoms with Crippen LogP contribution < -0.4 is 9.47 Å². The summed E-state index contributed by atoms with van der Waals surface area (Å²) in [4.78, 5) is 28.9. The summed E-state index contributed by atoms with van der Waals surface area (Å²) in [5, 5.41) is 2.35. The first-order valence-electron chi connectivity index (χ1n) is 13.8. The molecule has 0 N–H and O–H groups in total. The van der Waals surface area contributed by atoms with Crippen molar-refractivity contribution in [2.24, 2.45) is 0 Å². The molecule has 0 amide bonds. The molecule has 0 bridgehead atoms. The number of Topliss-reactive ketones (excluding diaryl/α,β-unsaturated/α-hetero) is 2. The molecular formula is C33H32INO4. The Morgan fingerprint density at radius 2 is 1.54 bits per heavy atom. The highest BCUT2D eigenvalue weighted by molar-refractivity contribution is 14.1. The highest BCUT2D eigenvalue weighted by Crippen LogP contribution is 2.50. The molecule has 2 aliphatic carbocycles. The molecule has 0 aromatic heterocycles. The lowest BCUT2D eigenvalue weighted by Crippen LogP contribution is -2.37. The maximum absolute atomic E-state index is 13.4. The summed E-state index contributed by atoms with van der Waals surface area (Å²) in [6.45, 7) is 2.85. The van der Waals surface area contributed by atoms with Crippen LogP contribution in [0.3, 0.4) is 0 Å². The number of allylic oxidation sites excluding steroid dienone is 4. The van der Waals surface area contributed by atoms with E-state index in [1.54, 1.807) is 0 Å². The average molecular weight is 634 g/mol. The number of carbonyl (C=O) groups is 2. The molecule has 200 valence electrons. The number of carbonyl (C=O) groups excluding carboxylic acids is 2. The van der Waals surface area contributed by atoms with Gasteiger partial charge in [0.25, 0.3) is 0 Å². The van der Waals surface area contributed by atoms with E-state index in [0.29, 0.717) is 37.6 Å². The van der Waals surface area contributed by atoms with Gasteiger partial charge in [-0.2, -0.15) is 0 Å². The fourth-order valence-electron chi connectivity index (χ4n) is 6.41. The zero-order valence-corrected chi connectivity index (χ0v) is 24.5. The lowest BCUT2D eigenvalue weighted by atomic mass is 9.71. The van der Waals surface area contributed by atoms with Gasteiger partial charge < -0.3 is 14.4 Å². The molecule has 0 saturated heterocycles.